The van der Waals surface area contributed by atoms with Gasteiger partial charge >= 0.3 is 6.09 Å². The Bertz CT molecular complexity index is 281. The predicted octanol–water partition coefficient (Wildman–Crippen LogP) is 3.46. The van der Waals surface area contributed by atoms with Gasteiger partial charge in [0.2, 0.25) is 0 Å². The minimum atomic E-state index is -0.424. The summed E-state index contributed by atoms with van der Waals surface area (Å²) in [5.74, 6) is 0.476. The van der Waals surface area contributed by atoms with Crippen molar-refractivity contribution < 1.29 is 9.53 Å². The van der Waals surface area contributed by atoms with Crippen molar-refractivity contribution in [3.05, 3.63) is 0 Å². The quantitative estimate of drug-likeness (QED) is 0.785. The summed E-state index contributed by atoms with van der Waals surface area (Å²) in [4.78, 5) is 11.6. The van der Waals surface area contributed by atoms with E-state index in [9.17, 15) is 4.79 Å². The van der Waals surface area contributed by atoms with E-state index < -0.39 is 5.60 Å². The Morgan fingerprint density at radius 1 is 1.20 bits per heavy atom. The SMILES string of the molecule is CCC(CNC(=O)OC(C)(C)C)CNC1CCCCC1. The number of nitrogens with one attached hydrogen (secondary N) is 2. The lowest BCUT2D eigenvalue weighted by Gasteiger charge is -2.26. The van der Waals surface area contributed by atoms with Gasteiger partial charge in [-0.1, -0.05) is 32.6 Å². The van der Waals surface area contributed by atoms with Crippen LogP contribution in [0.4, 0.5) is 4.79 Å². The monoisotopic (exact) mass is 284 g/mol. The molecule has 20 heavy (non-hydrogen) atoms. The summed E-state index contributed by atoms with van der Waals surface area (Å²) in [6, 6.07) is 0.680. The second-order valence-corrected chi connectivity index (χ2v) is 6.90. The first-order valence-corrected chi connectivity index (χ1v) is 8.11. The van der Waals surface area contributed by atoms with Crippen molar-refractivity contribution in [3.8, 4) is 0 Å². The largest absolute Gasteiger partial charge is 0.444 e. The first kappa shape index (κ1) is 17.3. The van der Waals surface area contributed by atoms with Crippen LogP contribution >= 0.6 is 0 Å². The van der Waals surface area contributed by atoms with Gasteiger partial charge in [-0.25, -0.2) is 4.79 Å². The lowest BCUT2D eigenvalue weighted by molar-refractivity contribution is 0.0518. The van der Waals surface area contributed by atoms with Gasteiger partial charge < -0.3 is 15.4 Å². The lowest BCUT2D eigenvalue weighted by atomic mass is 9.95. The number of alkyl carbamates (subject to hydrolysis) is 1. The third kappa shape index (κ3) is 7.73. The summed E-state index contributed by atoms with van der Waals surface area (Å²) in [6.07, 6.45) is 7.44. The van der Waals surface area contributed by atoms with E-state index in [4.69, 9.17) is 4.74 Å². The van der Waals surface area contributed by atoms with Crippen LogP contribution in [0.3, 0.4) is 0 Å². The van der Waals surface area contributed by atoms with Gasteiger partial charge in [-0.2, -0.15) is 0 Å². The Kier molecular flexibility index (Phi) is 7.35. The van der Waals surface area contributed by atoms with Gasteiger partial charge in [0.05, 0.1) is 0 Å². The van der Waals surface area contributed by atoms with Crippen LogP contribution < -0.4 is 10.6 Å². The molecule has 0 bridgehead atoms. The number of hydrogen-bond donors (Lipinski definition) is 2. The molecule has 1 saturated carbocycles. The van der Waals surface area contributed by atoms with Crippen LogP contribution in [-0.2, 0) is 4.74 Å². The molecule has 0 spiro atoms. The number of amides is 1. The lowest BCUT2D eigenvalue weighted by Crippen LogP contribution is -2.40. The highest BCUT2D eigenvalue weighted by Crippen LogP contribution is 2.17. The average Bonchev–Trinajstić information content (AvgIpc) is 2.38. The molecule has 1 fully saturated rings. The van der Waals surface area contributed by atoms with Crippen molar-refractivity contribution in [1.29, 1.82) is 0 Å². The summed E-state index contributed by atoms with van der Waals surface area (Å²) in [7, 11) is 0. The van der Waals surface area contributed by atoms with Crippen LogP contribution in [0.5, 0.6) is 0 Å². The molecular formula is C16H32N2O2. The topological polar surface area (TPSA) is 50.4 Å². The van der Waals surface area contributed by atoms with Gasteiger partial charge in [-0.05, 0) is 46.1 Å². The number of carbonyl (C=O) groups is 1. The molecule has 2 N–H and O–H groups in total. The molecule has 1 rings (SSSR count). The molecule has 0 aromatic rings. The minimum absolute atomic E-state index is 0.311. The molecule has 0 aromatic heterocycles. The third-order valence-electron chi connectivity index (χ3n) is 3.81. The van der Waals surface area contributed by atoms with Gasteiger partial charge in [0.1, 0.15) is 5.60 Å². The maximum Gasteiger partial charge on any atom is 0.407 e. The Labute approximate surface area is 124 Å². The van der Waals surface area contributed by atoms with Gasteiger partial charge in [0.15, 0.2) is 0 Å². The molecule has 4 nitrogen and oxygen atoms in total. The molecule has 0 saturated heterocycles. The molecule has 118 valence electrons. The summed E-state index contributed by atoms with van der Waals surface area (Å²) >= 11 is 0. The van der Waals surface area contributed by atoms with E-state index in [1.807, 2.05) is 20.8 Å². The van der Waals surface area contributed by atoms with Crippen LogP contribution in [0, 0.1) is 5.92 Å². The molecule has 1 amide bonds. The first-order valence-electron chi connectivity index (χ1n) is 8.11. The van der Waals surface area contributed by atoms with Crippen LogP contribution in [0.2, 0.25) is 0 Å². The normalized spacial score (nSPS) is 18.6. The van der Waals surface area contributed by atoms with Crippen molar-refractivity contribution in [2.45, 2.75) is 77.9 Å². The van der Waals surface area contributed by atoms with Gasteiger partial charge in [0, 0.05) is 12.6 Å². The van der Waals surface area contributed by atoms with Crippen molar-refractivity contribution in [2.75, 3.05) is 13.1 Å². The van der Waals surface area contributed by atoms with Crippen LogP contribution in [0.15, 0.2) is 0 Å². The standard InChI is InChI=1S/C16H32N2O2/c1-5-13(11-17-14-9-7-6-8-10-14)12-18-15(19)20-16(2,3)4/h13-14,17H,5-12H2,1-4H3,(H,18,19). The molecule has 0 aromatic carbocycles. The fraction of sp³-hybridized carbons (Fsp3) is 0.938. The molecule has 1 aliphatic carbocycles. The molecule has 4 heteroatoms. The predicted molar refractivity (Wildman–Crippen MR) is 82.9 cm³/mol. The van der Waals surface area contributed by atoms with E-state index in [1.165, 1.54) is 32.1 Å². The zero-order chi connectivity index (χ0) is 15.0. The van der Waals surface area contributed by atoms with Crippen molar-refractivity contribution in [2.24, 2.45) is 5.92 Å². The highest BCUT2D eigenvalue weighted by molar-refractivity contribution is 5.67. The molecule has 0 aliphatic heterocycles. The Hall–Kier alpha value is -0.770. The van der Waals surface area contributed by atoms with Crippen molar-refractivity contribution in [3.63, 3.8) is 0 Å². The highest BCUT2D eigenvalue weighted by Gasteiger charge is 2.18. The summed E-state index contributed by atoms with van der Waals surface area (Å²) in [6.45, 7) is 9.49. The highest BCUT2D eigenvalue weighted by atomic mass is 16.6. The average molecular weight is 284 g/mol. The molecular weight excluding hydrogens is 252 g/mol. The van der Waals surface area contributed by atoms with Crippen LogP contribution in [0.1, 0.15) is 66.2 Å². The Morgan fingerprint density at radius 3 is 2.40 bits per heavy atom. The van der Waals surface area contributed by atoms with E-state index >= 15 is 0 Å². The fourth-order valence-corrected chi connectivity index (χ4v) is 2.54. The van der Waals surface area contributed by atoms with E-state index in [0.717, 1.165) is 13.0 Å². The zero-order valence-corrected chi connectivity index (χ0v) is 13.6. The van der Waals surface area contributed by atoms with Crippen LogP contribution in [-0.4, -0.2) is 30.8 Å². The molecule has 0 heterocycles. The Balaban J connectivity index is 2.20. The van der Waals surface area contributed by atoms with E-state index in [2.05, 4.69) is 17.6 Å². The zero-order valence-electron chi connectivity index (χ0n) is 13.6. The first-order chi connectivity index (χ1) is 9.40. The molecule has 1 aliphatic rings. The van der Waals surface area contributed by atoms with Gasteiger partial charge in [-0.15, -0.1) is 0 Å². The van der Waals surface area contributed by atoms with Crippen molar-refractivity contribution in [1.82, 2.24) is 10.6 Å². The summed E-state index contributed by atoms with van der Waals surface area (Å²) < 4.78 is 5.26. The van der Waals surface area contributed by atoms with Gasteiger partial charge in [0.25, 0.3) is 0 Å². The van der Waals surface area contributed by atoms with E-state index in [0.29, 0.717) is 18.5 Å². The van der Waals surface area contributed by atoms with Gasteiger partial charge in [-0.3, -0.25) is 0 Å². The second kappa shape index (κ2) is 8.50. The second-order valence-electron chi connectivity index (χ2n) is 6.90. The number of hydrogen-bond acceptors (Lipinski definition) is 3. The number of carbonyl (C=O) groups excluding carboxylic acids is 1. The van der Waals surface area contributed by atoms with Crippen molar-refractivity contribution >= 4 is 6.09 Å². The van der Waals surface area contributed by atoms with E-state index in [1.54, 1.807) is 0 Å². The summed E-state index contributed by atoms with van der Waals surface area (Å²) in [5, 5.41) is 6.53. The Morgan fingerprint density at radius 2 is 1.85 bits per heavy atom. The maximum atomic E-state index is 11.6. The smallest absolute Gasteiger partial charge is 0.407 e. The minimum Gasteiger partial charge on any atom is -0.444 e. The maximum absolute atomic E-state index is 11.6. The molecule has 1 atom stereocenters. The third-order valence-corrected chi connectivity index (χ3v) is 3.81. The van der Waals surface area contributed by atoms with E-state index in [-0.39, 0.29) is 6.09 Å². The summed E-state index contributed by atoms with van der Waals surface area (Å²) in [5.41, 5.74) is -0.424. The fourth-order valence-electron chi connectivity index (χ4n) is 2.54. The van der Waals surface area contributed by atoms with Crippen LogP contribution in [0.25, 0.3) is 0 Å². The number of rotatable bonds is 6. The molecule has 0 radical (unpaired) electrons. The number of ether oxygens (including phenoxy) is 1. The molecule has 1 unspecified atom stereocenters.